The summed E-state index contributed by atoms with van der Waals surface area (Å²) < 4.78 is 40.7. The van der Waals surface area contributed by atoms with Gasteiger partial charge in [-0.05, 0) is 44.5 Å². The molecule has 2 rings (SSSR count). The summed E-state index contributed by atoms with van der Waals surface area (Å²) in [5.74, 6) is -0.604. The molecule has 0 aliphatic carbocycles. The summed E-state index contributed by atoms with van der Waals surface area (Å²) in [6, 6.07) is 3.84. The summed E-state index contributed by atoms with van der Waals surface area (Å²) >= 11 is 0. The van der Waals surface area contributed by atoms with Crippen LogP contribution in [-0.2, 0) is 14.8 Å². The standard InChI is InChI=1S/C16H24FN3O3S/c1-11-4-5-12(17)8-15(11)24(22,23)19-10-14-7-6-13(20(14)3)9-16(21)18-2/h4-5,8,13-14,19H,6-7,9-10H2,1-3H3,(H,18,21)/t13-,14+/m1/s1. The number of likely N-dealkylation sites (N-methyl/N-ethyl adjacent to an activating group) is 1. The van der Waals surface area contributed by atoms with Crippen molar-refractivity contribution in [3.63, 3.8) is 0 Å². The topological polar surface area (TPSA) is 78.5 Å². The van der Waals surface area contributed by atoms with Crippen LogP contribution >= 0.6 is 0 Å². The van der Waals surface area contributed by atoms with Crippen molar-refractivity contribution in [1.29, 1.82) is 0 Å². The van der Waals surface area contributed by atoms with E-state index in [0.717, 1.165) is 18.9 Å². The average molecular weight is 357 g/mol. The van der Waals surface area contributed by atoms with Crippen molar-refractivity contribution in [1.82, 2.24) is 14.9 Å². The third-order valence-electron chi connectivity index (χ3n) is 4.63. The molecule has 1 heterocycles. The van der Waals surface area contributed by atoms with E-state index in [1.165, 1.54) is 12.1 Å². The zero-order valence-corrected chi connectivity index (χ0v) is 15.0. The van der Waals surface area contributed by atoms with Gasteiger partial charge in [-0.1, -0.05) is 6.07 Å². The van der Waals surface area contributed by atoms with Crippen LogP contribution in [0.3, 0.4) is 0 Å². The molecular weight excluding hydrogens is 333 g/mol. The maximum atomic E-state index is 13.3. The molecule has 1 aromatic rings. The number of sulfonamides is 1. The van der Waals surface area contributed by atoms with Crippen molar-refractivity contribution in [2.24, 2.45) is 0 Å². The first-order valence-electron chi connectivity index (χ1n) is 7.93. The number of nitrogens with zero attached hydrogens (tertiary/aromatic N) is 1. The number of halogens is 1. The fourth-order valence-corrected chi connectivity index (χ4v) is 4.37. The van der Waals surface area contributed by atoms with E-state index in [4.69, 9.17) is 0 Å². The predicted molar refractivity (Wildman–Crippen MR) is 89.6 cm³/mol. The van der Waals surface area contributed by atoms with E-state index in [2.05, 4.69) is 10.0 Å². The van der Waals surface area contributed by atoms with E-state index in [9.17, 15) is 17.6 Å². The Morgan fingerprint density at radius 2 is 2.00 bits per heavy atom. The minimum absolute atomic E-state index is 0.0169. The van der Waals surface area contributed by atoms with Gasteiger partial charge in [0.2, 0.25) is 15.9 Å². The Balaban J connectivity index is 2.00. The average Bonchev–Trinajstić information content (AvgIpc) is 2.88. The van der Waals surface area contributed by atoms with Gasteiger partial charge in [0.15, 0.2) is 0 Å². The molecule has 0 saturated carbocycles. The van der Waals surface area contributed by atoms with Crippen molar-refractivity contribution in [3.8, 4) is 0 Å². The van der Waals surface area contributed by atoms with Gasteiger partial charge in [-0.3, -0.25) is 9.69 Å². The molecule has 0 spiro atoms. The Labute approximate surface area is 142 Å². The summed E-state index contributed by atoms with van der Waals surface area (Å²) in [5, 5.41) is 2.60. The lowest BCUT2D eigenvalue weighted by Crippen LogP contribution is -2.42. The number of amides is 1. The SMILES string of the molecule is CNC(=O)C[C@H]1CC[C@@H](CNS(=O)(=O)c2cc(F)ccc2C)N1C. The van der Waals surface area contributed by atoms with E-state index < -0.39 is 15.8 Å². The monoisotopic (exact) mass is 357 g/mol. The molecule has 1 aliphatic rings. The number of rotatable bonds is 6. The molecular formula is C16H24FN3O3S. The molecule has 1 amide bonds. The lowest BCUT2D eigenvalue weighted by atomic mass is 10.1. The van der Waals surface area contributed by atoms with Crippen molar-refractivity contribution in [2.45, 2.75) is 43.2 Å². The number of likely N-dealkylation sites (tertiary alicyclic amines) is 1. The molecule has 1 aliphatic heterocycles. The molecule has 0 bridgehead atoms. The molecule has 2 atom stereocenters. The van der Waals surface area contributed by atoms with Crippen LogP contribution in [0.25, 0.3) is 0 Å². The van der Waals surface area contributed by atoms with Gasteiger partial charge in [0.05, 0.1) is 4.90 Å². The van der Waals surface area contributed by atoms with Crippen LogP contribution in [-0.4, -0.2) is 51.9 Å². The normalized spacial score (nSPS) is 21.8. The first-order valence-corrected chi connectivity index (χ1v) is 9.41. The van der Waals surface area contributed by atoms with Gasteiger partial charge in [0.25, 0.3) is 0 Å². The van der Waals surface area contributed by atoms with E-state index in [1.807, 2.05) is 11.9 Å². The van der Waals surface area contributed by atoms with Gasteiger partial charge in [0.1, 0.15) is 5.82 Å². The van der Waals surface area contributed by atoms with Gasteiger partial charge in [-0.25, -0.2) is 17.5 Å². The third-order valence-corrected chi connectivity index (χ3v) is 6.20. The number of carbonyl (C=O) groups is 1. The number of hydrogen-bond donors (Lipinski definition) is 2. The smallest absolute Gasteiger partial charge is 0.240 e. The van der Waals surface area contributed by atoms with Gasteiger partial charge < -0.3 is 5.32 Å². The summed E-state index contributed by atoms with van der Waals surface area (Å²) in [7, 11) is -0.268. The highest BCUT2D eigenvalue weighted by molar-refractivity contribution is 7.89. The second-order valence-electron chi connectivity index (χ2n) is 6.19. The molecule has 1 saturated heterocycles. The van der Waals surface area contributed by atoms with E-state index in [0.29, 0.717) is 12.0 Å². The second kappa shape index (κ2) is 7.58. The van der Waals surface area contributed by atoms with Crippen molar-refractivity contribution < 1.29 is 17.6 Å². The van der Waals surface area contributed by atoms with Crippen LogP contribution in [0.5, 0.6) is 0 Å². The van der Waals surface area contributed by atoms with Crippen LogP contribution in [0.2, 0.25) is 0 Å². The molecule has 0 unspecified atom stereocenters. The maximum absolute atomic E-state index is 13.3. The quantitative estimate of drug-likeness (QED) is 0.797. The summed E-state index contributed by atoms with van der Waals surface area (Å²) in [4.78, 5) is 13.5. The molecule has 8 heteroatoms. The number of benzene rings is 1. The summed E-state index contributed by atoms with van der Waals surface area (Å²) in [6.07, 6.45) is 2.05. The molecule has 0 aromatic heterocycles. The van der Waals surface area contributed by atoms with Crippen LogP contribution in [0.1, 0.15) is 24.8 Å². The van der Waals surface area contributed by atoms with Gasteiger partial charge >= 0.3 is 0 Å². The largest absolute Gasteiger partial charge is 0.359 e. The van der Waals surface area contributed by atoms with Crippen LogP contribution in [0.4, 0.5) is 4.39 Å². The van der Waals surface area contributed by atoms with E-state index in [1.54, 1.807) is 14.0 Å². The maximum Gasteiger partial charge on any atom is 0.240 e. The Hall–Kier alpha value is -1.51. The zero-order valence-electron chi connectivity index (χ0n) is 14.2. The summed E-state index contributed by atoms with van der Waals surface area (Å²) in [6.45, 7) is 1.87. The highest BCUT2D eigenvalue weighted by Crippen LogP contribution is 2.25. The Kier molecular flexibility index (Phi) is 5.95. The predicted octanol–water partition coefficient (Wildman–Crippen LogP) is 1.01. The molecule has 2 N–H and O–H groups in total. The molecule has 134 valence electrons. The van der Waals surface area contributed by atoms with E-state index in [-0.39, 0.29) is 29.4 Å². The molecule has 1 aromatic carbocycles. The Bertz CT molecular complexity index is 709. The number of nitrogens with one attached hydrogen (secondary N) is 2. The highest BCUT2D eigenvalue weighted by Gasteiger charge is 2.32. The Morgan fingerprint density at radius 1 is 1.33 bits per heavy atom. The molecule has 1 fully saturated rings. The summed E-state index contributed by atoms with van der Waals surface area (Å²) in [5.41, 5.74) is 0.501. The minimum atomic E-state index is -3.77. The third kappa shape index (κ3) is 4.31. The first kappa shape index (κ1) is 18.8. The zero-order chi connectivity index (χ0) is 17.9. The van der Waals surface area contributed by atoms with Crippen LogP contribution in [0.15, 0.2) is 23.1 Å². The Morgan fingerprint density at radius 3 is 2.67 bits per heavy atom. The van der Waals surface area contributed by atoms with Crippen LogP contribution in [0, 0.1) is 12.7 Å². The molecule has 24 heavy (non-hydrogen) atoms. The number of carbonyl (C=O) groups excluding carboxylic acids is 1. The lowest BCUT2D eigenvalue weighted by Gasteiger charge is -2.25. The first-order chi connectivity index (χ1) is 11.2. The fourth-order valence-electron chi connectivity index (χ4n) is 3.05. The number of aryl methyl sites for hydroxylation is 1. The molecule has 0 radical (unpaired) electrons. The lowest BCUT2D eigenvalue weighted by molar-refractivity contribution is -0.121. The highest BCUT2D eigenvalue weighted by atomic mass is 32.2. The van der Waals surface area contributed by atoms with Crippen molar-refractivity contribution in [3.05, 3.63) is 29.6 Å². The van der Waals surface area contributed by atoms with Gasteiger partial charge in [-0.15, -0.1) is 0 Å². The van der Waals surface area contributed by atoms with Crippen molar-refractivity contribution >= 4 is 15.9 Å². The van der Waals surface area contributed by atoms with Crippen LogP contribution < -0.4 is 10.0 Å². The van der Waals surface area contributed by atoms with E-state index >= 15 is 0 Å². The van der Waals surface area contributed by atoms with Gasteiger partial charge in [-0.2, -0.15) is 0 Å². The fraction of sp³-hybridized carbons (Fsp3) is 0.562. The van der Waals surface area contributed by atoms with Crippen molar-refractivity contribution in [2.75, 3.05) is 20.6 Å². The van der Waals surface area contributed by atoms with Gasteiger partial charge in [0, 0.05) is 32.1 Å². The molecule has 6 nitrogen and oxygen atoms in total. The second-order valence-corrected chi connectivity index (χ2v) is 7.92. The minimum Gasteiger partial charge on any atom is -0.359 e. The number of hydrogen-bond acceptors (Lipinski definition) is 4.